The molecular weight excluding hydrogens is 205 g/mol. The molecule has 0 bridgehead atoms. The summed E-state index contributed by atoms with van der Waals surface area (Å²) >= 11 is 5.31. The van der Waals surface area contributed by atoms with E-state index < -0.39 is 28.2 Å². The zero-order chi connectivity index (χ0) is 10.2. The predicted octanol–water partition coefficient (Wildman–Crippen LogP) is 3.03. The van der Waals surface area contributed by atoms with Gasteiger partial charge in [0.1, 0.15) is 0 Å². The van der Waals surface area contributed by atoms with Gasteiger partial charge >= 0.3 is 0 Å². The van der Waals surface area contributed by atoms with Crippen LogP contribution in [0, 0.1) is 17.5 Å². The number of hydrogen-bond acceptors (Lipinski definition) is 1. The van der Waals surface area contributed by atoms with E-state index in [1.54, 1.807) is 0 Å². The maximum atomic E-state index is 13.0. The van der Waals surface area contributed by atoms with Gasteiger partial charge in [-0.05, 0) is 6.42 Å². The van der Waals surface area contributed by atoms with Gasteiger partial charge in [-0.1, -0.05) is 18.5 Å². The Morgan fingerprint density at radius 3 is 2.15 bits per heavy atom. The number of hydrogen-bond donors (Lipinski definition) is 1. The van der Waals surface area contributed by atoms with E-state index in [4.69, 9.17) is 16.7 Å². The Balaban J connectivity index is 3.56. The van der Waals surface area contributed by atoms with Gasteiger partial charge in [0.15, 0.2) is 17.4 Å². The minimum absolute atomic E-state index is 0.0788. The monoisotopic (exact) mass is 210 g/mol. The second kappa shape index (κ2) is 3.46. The van der Waals surface area contributed by atoms with Crippen molar-refractivity contribution in [2.45, 2.75) is 13.3 Å². The van der Waals surface area contributed by atoms with Crippen molar-refractivity contribution in [3.63, 3.8) is 0 Å². The first-order valence-corrected chi connectivity index (χ1v) is 3.92. The molecule has 1 aromatic rings. The molecule has 1 N–H and O–H groups in total. The summed E-state index contributed by atoms with van der Waals surface area (Å²) in [6, 6.07) is 0. The lowest BCUT2D eigenvalue weighted by Gasteiger charge is -2.07. The van der Waals surface area contributed by atoms with E-state index in [2.05, 4.69) is 0 Å². The van der Waals surface area contributed by atoms with Crippen molar-refractivity contribution < 1.29 is 18.3 Å². The van der Waals surface area contributed by atoms with Gasteiger partial charge in [0.25, 0.3) is 0 Å². The lowest BCUT2D eigenvalue weighted by atomic mass is 10.1. The highest BCUT2D eigenvalue weighted by molar-refractivity contribution is 6.31. The van der Waals surface area contributed by atoms with Gasteiger partial charge in [-0.25, -0.2) is 8.78 Å². The average Bonchev–Trinajstić information content (AvgIpc) is 2.13. The molecule has 0 aliphatic heterocycles. The first-order chi connectivity index (χ1) is 6.00. The smallest absolute Gasteiger partial charge is 0.205 e. The predicted molar refractivity (Wildman–Crippen MR) is 42.4 cm³/mol. The molecule has 0 atom stereocenters. The molecule has 0 amide bonds. The third kappa shape index (κ3) is 1.46. The molecule has 13 heavy (non-hydrogen) atoms. The first-order valence-electron chi connectivity index (χ1n) is 3.54. The van der Waals surface area contributed by atoms with Gasteiger partial charge in [0.05, 0.1) is 5.02 Å². The van der Waals surface area contributed by atoms with Crippen molar-refractivity contribution in [1.29, 1.82) is 0 Å². The fourth-order valence-electron chi connectivity index (χ4n) is 0.979. The van der Waals surface area contributed by atoms with Crippen molar-refractivity contribution in [3.8, 4) is 5.75 Å². The molecule has 0 saturated carbocycles. The molecule has 0 aromatic heterocycles. The Morgan fingerprint density at radius 2 is 1.69 bits per heavy atom. The molecule has 0 fully saturated rings. The third-order valence-electron chi connectivity index (χ3n) is 1.68. The summed E-state index contributed by atoms with van der Waals surface area (Å²) in [6.45, 7) is 1.51. The lowest BCUT2D eigenvalue weighted by molar-refractivity contribution is 0.373. The molecule has 0 aliphatic carbocycles. The van der Waals surface area contributed by atoms with Gasteiger partial charge in [-0.2, -0.15) is 4.39 Å². The average molecular weight is 211 g/mol. The van der Waals surface area contributed by atoms with Crippen molar-refractivity contribution in [2.24, 2.45) is 0 Å². The fourth-order valence-corrected chi connectivity index (χ4v) is 1.28. The van der Waals surface area contributed by atoms with Crippen molar-refractivity contribution in [2.75, 3.05) is 0 Å². The summed E-state index contributed by atoms with van der Waals surface area (Å²) in [4.78, 5) is 0. The number of phenolic OH excluding ortho intramolecular Hbond substituents is 1. The molecule has 0 spiro atoms. The van der Waals surface area contributed by atoms with E-state index in [1.807, 2.05) is 0 Å². The van der Waals surface area contributed by atoms with Crippen LogP contribution in [0.5, 0.6) is 5.75 Å². The first kappa shape index (κ1) is 10.2. The molecule has 0 unspecified atom stereocenters. The molecule has 1 nitrogen and oxygen atoms in total. The van der Waals surface area contributed by atoms with Crippen LogP contribution >= 0.6 is 11.6 Å². The van der Waals surface area contributed by atoms with Gasteiger partial charge in [-0.15, -0.1) is 0 Å². The van der Waals surface area contributed by atoms with E-state index in [9.17, 15) is 13.2 Å². The van der Waals surface area contributed by atoms with Crippen LogP contribution in [0.3, 0.4) is 0 Å². The molecule has 5 heteroatoms. The summed E-state index contributed by atoms with van der Waals surface area (Å²) in [5, 5.41) is 8.16. The number of rotatable bonds is 1. The van der Waals surface area contributed by atoms with E-state index in [0.717, 1.165) is 0 Å². The molecule has 1 aromatic carbocycles. The highest BCUT2D eigenvalue weighted by Gasteiger charge is 2.22. The van der Waals surface area contributed by atoms with Crippen LogP contribution < -0.4 is 0 Å². The van der Waals surface area contributed by atoms with E-state index >= 15 is 0 Å². The van der Waals surface area contributed by atoms with Crippen LogP contribution in [0.1, 0.15) is 12.5 Å². The van der Waals surface area contributed by atoms with Crippen molar-refractivity contribution in [1.82, 2.24) is 0 Å². The largest absolute Gasteiger partial charge is 0.503 e. The van der Waals surface area contributed by atoms with Gasteiger partial charge in [-0.3, -0.25) is 0 Å². The van der Waals surface area contributed by atoms with Crippen LogP contribution in [-0.2, 0) is 6.42 Å². The SMILES string of the molecule is CCc1c(F)c(O)c(F)c(F)c1Cl. The Bertz CT molecular complexity index is 323. The minimum atomic E-state index is -1.65. The number of halogens is 4. The van der Waals surface area contributed by atoms with E-state index in [0.29, 0.717) is 0 Å². The summed E-state index contributed by atoms with van der Waals surface area (Å²) in [6.07, 6.45) is 0.0788. The van der Waals surface area contributed by atoms with Crippen LogP contribution in [0.4, 0.5) is 13.2 Å². The molecule has 0 saturated heterocycles. The quantitative estimate of drug-likeness (QED) is 0.558. The van der Waals surface area contributed by atoms with Crippen LogP contribution in [0.25, 0.3) is 0 Å². The van der Waals surface area contributed by atoms with Crippen LogP contribution in [-0.4, -0.2) is 5.11 Å². The standard InChI is InChI=1S/C8H6ClF3O/c1-2-3-4(9)6(11)7(12)8(13)5(3)10/h13H,2H2,1H3. The van der Waals surface area contributed by atoms with Gasteiger partial charge < -0.3 is 5.11 Å². The van der Waals surface area contributed by atoms with Gasteiger partial charge in [0.2, 0.25) is 5.82 Å². The maximum absolute atomic E-state index is 13.0. The number of benzene rings is 1. The van der Waals surface area contributed by atoms with E-state index in [1.165, 1.54) is 6.92 Å². The van der Waals surface area contributed by atoms with Crippen LogP contribution in [0.2, 0.25) is 5.02 Å². The van der Waals surface area contributed by atoms with Crippen molar-refractivity contribution >= 4 is 11.6 Å². The highest BCUT2D eigenvalue weighted by atomic mass is 35.5. The Kier molecular flexibility index (Phi) is 2.71. The summed E-state index contributed by atoms with van der Waals surface area (Å²) in [5.74, 6) is -5.60. The molecule has 0 radical (unpaired) electrons. The third-order valence-corrected chi connectivity index (χ3v) is 2.08. The van der Waals surface area contributed by atoms with E-state index in [-0.39, 0.29) is 12.0 Å². The number of phenols is 1. The zero-order valence-corrected chi connectivity index (χ0v) is 7.42. The van der Waals surface area contributed by atoms with Crippen molar-refractivity contribution in [3.05, 3.63) is 28.0 Å². The Morgan fingerprint density at radius 1 is 1.15 bits per heavy atom. The second-order valence-electron chi connectivity index (χ2n) is 2.44. The minimum Gasteiger partial charge on any atom is -0.503 e. The zero-order valence-electron chi connectivity index (χ0n) is 6.67. The summed E-state index contributed by atoms with van der Waals surface area (Å²) in [5.41, 5.74) is -0.224. The molecule has 0 heterocycles. The summed E-state index contributed by atoms with van der Waals surface area (Å²) in [7, 11) is 0. The topological polar surface area (TPSA) is 20.2 Å². The van der Waals surface area contributed by atoms with Crippen LogP contribution in [0.15, 0.2) is 0 Å². The van der Waals surface area contributed by atoms with Gasteiger partial charge in [0, 0.05) is 5.56 Å². The normalized spacial score (nSPS) is 10.5. The highest BCUT2D eigenvalue weighted by Crippen LogP contribution is 2.32. The molecule has 72 valence electrons. The number of aromatic hydroxyl groups is 1. The summed E-state index contributed by atoms with van der Waals surface area (Å²) < 4.78 is 38.4. The Labute approximate surface area is 77.8 Å². The molecular formula is C8H6ClF3O. The molecule has 1 rings (SSSR count). The second-order valence-corrected chi connectivity index (χ2v) is 2.81. The maximum Gasteiger partial charge on any atom is 0.205 e. The molecule has 0 aliphatic rings. The fraction of sp³-hybridized carbons (Fsp3) is 0.250. The lowest BCUT2D eigenvalue weighted by Crippen LogP contribution is -1.98. The Hall–Kier alpha value is -0.900.